The van der Waals surface area contributed by atoms with E-state index in [1.165, 1.54) is 12.8 Å². The van der Waals surface area contributed by atoms with Crippen molar-refractivity contribution in [3.05, 3.63) is 0 Å². The summed E-state index contributed by atoms with van der Waals surface area (Å²) in [7, 11) is 0. The Balaban J connectivity index is 2.03. The quantitative estimate of drug-likeness (QED) is 0.478. The summed E-state index contributed by atoms with van der Waals surface area (Å²) in [6.45, 7) is 2.82. The van der Waals surface area contributed by atoms with Gasteiger partial charge in [0.1, 0.15) is 0 Å². The van der Waals surface area contributed by atoms with E-state index in [-0.39, 0.29) is 5.91 Å². The monoisotopic (exact) mass is 194 g/mol. The van der Waals surface area contributed by atoms with E-state index in [4.69, 9.17) is 6.42 Å². The van der Waals surface area contributed by atoms with Gasteiger partial charge in [-0.25, -0.2) is 0 Å². The van der Waals surface area contributed by atoms with Crippen LogP contribution in [0.2, 0.25) is 0 Å². The van der Waals surface area contributed by atoms with Gasteiger partial charge in [0.25, 0.3) is 0 Å². The van der Waals surface area contributed by atoms with Crippen LogP contribution in [0.4, 0.5) is 0 Å². The van der Waals surface area contributed by atoms with Gasteiger partial charge in [-0.15, -0.1) is 6.42 Å². The second kappa shape index (κ2) is 5.66. The van der Waals surface area contributed by atoms with Gasteiger partial charge in [0.05, 0.1) is 13.1 Å². The average molecular weight is 194 g/mol. The Morgan fingerprint density at radius 3 is 2.93 bits per heavy atom. The molecule has 1 aliphatic carbocycles. The minimum Gasteiger partial charge on any atom is -0.353 e. The first-order valence-electron chi connectivity index (χ1n) is 5.16. The average Bonchev–Trinajstić information content (AvgIpc) is 2.88. The second-order valence-corrected chi connectivity index (χ2v) is 3.96. The fourth-order valence-electron chi connectivity index (χ4n) is 1.49. The van der Waals surface area contributed by atoms with E-state index in [1.807, 2.05) is 0 Å². The van der Waals surface area contributed by atoms with Gasteiger partial charge in [0, 0.05) is 6.04 Å². The van der Waals surface area contributed by atoms with Gasteiger partial charge in [0.2, 0.25) is 5.91 Å². The zero-order chi connectivity index (χ0) is 10.4. The largest absolute Gasteiger partial charge is 0.353 e. The Morgan fingerprint density at radius 1 is 1.64 bits per heavy atom. The number of carbonyl (C=O) groups is 1. The van der Waals surface area contributed by atoms with E-state index in [1.54, 1.807) is 0 Å². The van der Waals surface area contributed by atoms with Crippen LogP contribution in [0.1, 0.15) is 26.2 Å². The molecule has 1 aliphatic rings. The van der Waals surface area contributed by atoms with Gasteiger partial charge in [-0.05, 0) is 19.3 Å². The number of nitrogens with one attached hydrogen (secondary N) is 2. The van der Waals surface area contributed by atoms with Crippen LogP contribution in [0, 0.1) is 18.3 Å². The zero-order valence-corrected chi connectivity index (χ0v) is 8.68. The molecule has 0 bridgehead atoms. The maximum Gasteiger partial charge on any atom is 0.234 e. The normalized spacial score (nSPS) is 17.1. The highest BCUT2D eigenvalue weighted by atomic mass is 16.1. The number of hydrogen-bond acceptors (Lipinski definition) is 2. The fourth-order valence-corrected chi connectivity index (χ4v) is 1.49. The zero-order valence-electron chi connectivity index (χ0n) is 8.68. The molecule has 0 radical (unpaired) electrons. The van der Waals surface area contributed by atoms with E-state index < -0.39 is 0 Å². The molecular weight excluding hydrogens is 176 g/mol. The van der Waals surface area contributed by atoms with E-state index in [9.17, 15) is 4.79 Å². The predicted molar refractivity (Wildman–Crippen MR) is 56.6 cm³/mol. The van der Waals surface area contributed by atoms with Crippen molar-refractivity contribution in [3.63, 3.8) is 0 Å². The summed E-state index contributed by atoms with van der Waals surface area (Å²) in [6, 6.07) is 0.294. The Labute approximate surface area is 85.6 Å². The molecule has 0 saturated heterocycles. The van der Waals surface area contributed by atoms with E-state index in [0.29, 0.717) is 19.1 Å². The number of rotatable bonds is 6. The predicted octanol–water partition coefficient (Wildman–Crippen LogP) is 0.514. The molecule has 0 aromatic rings. The Morgan fingerprint density at radius 2 is 2.36 bits per heavy atom. The van der Waals surface area contributed by atoms with Crippen molar-refractivity contribution in [2.45, 2.75) is 32.2 Å². The van der Waals surface area contributed by atoms with Gasteiger partial charge in [0.15, 0.2) is 0 Å². The van der Waals surface area contributed by atoms with Crippen LogP contribution < -0.4 is 10.6 Å². The molecule has 0 aromatic carbocycles. The summed E-state index contributed by atoms with van der Waals surface area (Å²) in [5.41, 5.74) is 0. The summed E-state index contributed by atoms with van der Waals surface area (Å²) in [5, 5.41) is 5.80. The Hall–Kier alpha value is -1.01. The maximum atomic E-state index is 11.3. The molecule has 1 atom stereocenters. The lowest BCUT2D eigenvalue weighted by atomic mass is 10.1. The summed E-state index contributed by atoms with van der Waals surface area (Å²) < 4.78 is 0. The van der Waals surface area contributed by atoms with Crippen LogP contribution in [-0.4, -0.2) is 25.0 Å². The van der Waals surface area contributed by atoms with E-state index >= 15 is 0 Å². The fraction of sp³-hybridized carbons (Fsp3) is 0.727. The second-order valence-electron chi connectivity index (χ2n) is 3.96. The molecule has 1 rings (SSSR count). The molecule has 0 spiro atoms. The van der Waals surface area contributed by atoms with Gasteiger partial charge < -0.3 is 5.32 Å². The third-order valence-electron chi connectivity index (χ3n) is 2.30. The highest BCUT2D eigenvalue weighted by Crippen LogP contribution is 2.33. The topological polar surface area (TPSA) is 41.1 Å². The molecule has 78 valence electrons. The Kier molecular flexibility index (Phi) is 4.48. The van der Waals surface area contributed by atoms with Crippen molar-refractivity contribution in [2.24, 2.45) is 5.92 Å². The summed E-state index contributed by atoms with van der Waals surface area (Å²) >= 11 is 0. The van der Waals surface area contributed by atoms with Crippen molar-refractivity contribution < 1.29 is 4.79 Å². The molecular formula is C11H18N2O. The number of hydrogen-bond donors (Lipinski definition) is 2. The molecule has 0 aliphatic heterocycles. The highest BCUT2D eigenvalue weighted by molar-refractivity contribution is 5.78. The lowest BCUT2D eigenvalue weighted by molar-refractivity contribution is -0.120. The molecule has 1 saturated carbocycles. The molecule has 1 fully saturated rings. The molecule has 3 heteroatoms. The van der Waals surface area contributed by atoms with Crippen molar-refractivity contribution >= 4 is 5.91 Å². The van der Waals surface area contributed by atoms with Crippen LogP contribution in [0.5, 0.6) is 0 Å². The van der Waals surface area contributed by atoms with Crippen molar-refractivity contribution in [2.75, 3.05) is 13.1 Å². The summed E-state index contributed by atoms with van der Waals surface area (Å²) in [5.74, 6) is 3.31. The first-order chi connectivity index (χ1) is 6.72. The van der Waals surface area contributed by atoms with Gasteiger partial charge >= 0.3 is 0 Å². The maximum absolute atomic E-state index is 11.3. The van der Waals surface area contributed by atoms with Crippen molar-refractivity contribution in [1.82, 2.24) is 10.6 Å². The standard InChI is InChI=1S/C11H18N2O/c1-3-6-12-8-11(14)13-9(2)7-10-4-5-10/h1,9-10,12H,4-8H2,2H3,(H,13,14). The molecule has 1 unspecified atom stereocenters. The van der Waals surface area contributed by atoms with Crippen LogP contribution in [0.15, 0.2) is 0 Å². The van der Waals surface area contributed by atoms with Crippen LogP contribution >= 0.6 is 0 Å². The molecule has 2 N–H and O–H groups in total. The molecule has 0 aromatic heterocycles. The summed E-state index contributed by atoms with van der Waals surface area (Å²) in [4.78, 5) is 11.3. The van der Waals surface area contributed by atoms with Crippen LogP contribution in [0.25, 0.3) is 0 Å². The van der Waals surface area contributed by atoms with Crippen molar-refractivity contribution in [1.29, 1.82) is 0 Å². The lowest BCUT2D eigenvalue weighted by Crippen LogP contribution is -2.39. The Bertz CT molecular complexity index is 228. The third-order valence-corrected chi connectivity index (χ3v) is 2.30. The highest BCUT2D eigenvalue weighted by Gasteiger charge is 2.23. The lowest BCUT2D eigenvalue weighted by Gasteiger charge is -2.13. The van der Waals surface area contributed by atoms with Gasteiger partial charge in [-0.1, -0.05) is 18.8 Å². The number of terminal acetylenes is 1. The van der Waals surface area contributed by atoms with E-state index in [2.05, 4.69) is 23.5 Å². The molecule has 0 heterocycles. The minimum absolute atomic E-state index is 0.0356. The van der Waals surface area contributed by atoms with Crippen LogP contribution in [0.3, 0.4) is 0 Å². The third kappa shape index (κ3) is 4.88. The van der Waals surface area contributed by atoms with E-state index in [0.717, 1.165) is 12.3 Å². The first-order valence-corrected chi connectivity index (χ1v) is 5.16. The summed E-state index contributed by atoms with van der Waals surface area (Å²) in [6.07, 6.45) is 8.82. The first kappa shape index (κ1) is 11.1. The molecule has 14 heavy (non-hydrogen) atoms. The van der Waals surface area contributed by atoms with Gasteiger partial charge in [-0.3, -0.25) is 10.1 Å². The SMILES string of the molecule is C#CCNCC(=O)NC(C)CC1CC1. The smallest absolute Gasteiger partial charge is 0.234 e. The number of carbonyl (C=O) groups excluding carboxylic acids is 1. The molecule has 3 nitrogen and oxygen atoms in total. The minimum atomic E-state index is 0.0356. The van der Waals surface area contributed by atoms with Crippen LogP contribution in [-0.2, 0) is 4.79 Å². The van der Waals surface area contributed by atoms with Crippen molar-refractivity contribution in [3.8, 4) is 12.3 Å². The molecule has 1 amide bonds. The van der Waals surface area contributed by atoms with Gasteiger partial charge in [-0.2, -0.15) is 0 Å². The number of amides is 1.